The van der Waals surface area contributed by atoms with E-state index in [2.05, 4.69) is 9.68 Å². The first kappa shape index (κ1) is 7.55. The molecule has 0 aliphatic carbocycles. The monoisotopic (exact) mass is 157 g/mol. The lowest BCUT2D eigenvalue weighted by Crippen LogP contribution is -2.31. The lowest BCUT2D eigenvalue weighted by Gasteiger charge is -1.92. The molecule has 0 fully saturated rings. The zero-order chi connectivity index (χ0) is 8.27. The van der Waals surface area contributed by atoms with Gasteiger partial charge in [-0.15, -0.1) is 0 Å². The molecule has 11 heavy (non-hydrogen) atoms. The lowest BCUT2D eigenvalue weighted by atomic mass is 10.3. The van der Waals surface area contributed by atoms with Gasteiger partial charge in [0, 0.05) is 6.07 Å². The Labute approximate surface area is 61.9 Å². The Kier molecular flexibility index (Phi) is 2.07. The van der Waals surface area contributed by atoms with Gasteiger partial charge in [-0.25, -0.2) is 5.84 Å². The third kappa shape index (κ3) is 1.94. The van der Waals surface area contributed by atoms with Crippen LogP contribution < -0.4 is 11.3 Å². The summed E-state index contributed by atoms with van der Waals surface area (Å²) in [7, 11) is 0. The number of rotatable bonds is 2. The fraction of sp³-hybridized carbons (Fsp3) is 0.200. The van der Waals surface area contributed by atoms with Crippen LogP contribution in [-0.2, 0) is 11.2 Å². The molecule has 0 saturated heterocycles. The van der Waals surface area contributed by atoms with Crippen molar-refractivity contribution in [2.24, 2.45) is 5.84 Å². The number of nitrogens with two attached hydrogens (primary N) is 1. The van der Waals surface area contributed by atoms with Gasteiger partial charge in [0.05, 0.1) is 6.42 Å². The van der Waals surface area contributed by atoms with Crippen LogP contribution in [0.5, 0.6) is 5.88 Å². The van der Waals surface area contributed by atoms with Gasteiger partial charge in [0.15, 0.2) is 0 Å². The van der Waals surface area contributed by atoms with Crippen molar-refractivity contribution >= 4 is 5.91 Å². The first-order valence-corrected chi connectivity index (χ1v) is 2.86. The Morgan fingerprint density at radius 1 is 1.91 bits per heavy atom. The second-order valence-corrected chi connectivity index (χ2v) is 1.90. The molecular formula is C5H7N3O3. The molecule has 1 aromatic heterocycles. The van der Waals surface area contributed by atoms with Crippen LogP contribution in [0.1, 0.15) is 5.76 Å². The van der Waals surface area contributed by atoms with Gasteiger partial charge in [-0.3, -0.25) is 10.2 Å². The van der Waals surface area contributed by atoms with Crippen molar-refractivity contribution in [2.45, 2.75) is 6.42 Å². The van der Waals surface area contributed by atoms with E-state index in [1.807, 2.05) is 5.43 Å². The minimum Gasteiger partial charge on any atom is -0.491 e. The fourth-order valence-electron chi connectivity index (χ4n) is 0.595. The quantitative estimate of drug-likeness (QED) is 0.287. The fourth-order valence-corrected chi connectivity index (χ4v) is 0.595. The molecule has 6 nitrogen and oxygen atoms in total. The average Bonchev–Trinajstić information content (AvgIpc) is 2.35. The maximum Gasteiger partial charge on any atom is 0.251 e. The van der Waals surface area contributed by atoms with E-state index in [0.717, 1.165) is 0 Å². The number of nitrogens with zero attached hydrogens (tertiary/aromatic N) is 1. The molecule has 1 aromatic rings. The number of aromatic hydroxyl groups is 1. The molecule has 0 radical (unpaired) electrons. The van der Waals surface area contributed by atoms with E-state index in [4.69, 9.17) is 10.9 Å². The normalized spacial score (nSPS) is 9.55. The number of carbonyl (C=O) groups excluding carboxylic acids is 1. The summed E-state index contributed by atoms with van der Waals surface area (Å²) in [5.41, 5.74) is 1.91. The predicted molar refractivity (Wildman–Crippen MR) is 34.2 cm³/mol. The molecule has 0 aromatic carbocycles. The molecule has 0 bridgehead atoms. The highest BCUT2D eigenvalue weighted by Gasteiger charge is 2.06. The standard InChI is InChI=1S/C5H7N3O3/c6-7-4(9)1-3-2-5(10)8-11-3/h2H,1,6H2,(H,7,9)(H,8,10). The Hall–Kier alpha value is -1.56. The Balaban J connectivity index is 2.57. The zero-order valence-electron chi connectivity index (χ0n) is 5.57. The summed E-state index contributed by atoms with van der Waals surface area (Å²) >= 11 is 0. The molecule has 1 amide bonds. The number of aromatic nitrogens is 1. The summed E-state index contributed by atoms with van der Waals surface area (Å²) in [5, 5.41) is 11.8. The lowest BCUT2D eigenvalue weighted by molar-refractivity contribution is -0.120. The number of hydrazine groups is 1. The molecule has 0 spiro atoms. The molecule has 60 valence electrons. The van der Waals surface area contributed by atoms with E-state index < -0.39 is 5.91 Å². The number of carbonyl (C=O) groups is 1. The second kappa shape index (κ2) is 3.02. The van der Waals surface area contributed by atoms with Crippen LogP contribution in [0.15, 0.2) is 10.6 Å². The van der Waals surface area contributed by atoms with Crippen LogP contribution in [0, 0.1) is 0 Å². The van der Waals surface area contributed by atoms with E-state index in [1.54, 1.807) is 0 Å². The van der Waals surface area contributed by atoms with Crippen molar-refractivity contribution in [2.75, 3.05) is 0 Å². The Bertz CT molecular complexity index is 257. The van der Waals surface area contributed by atoms with Crippen molar-refractivity contribution in [3.63, 3.8) is 0 Å². The molecule has 1 heterocycles. The van der Waals surface area contributed by atoms with Crippen LogP contribution >= 0.6 is 0 Å². The second-order valence-electron chi connectivity index (χ2n) is 1.90. The van der Waals surface area contributed by atoms with Gasteiger partial charge in [-0.1, -0.05) is 0 Å². The summed E-state index contributed by atoms with van der Waals surface area (Å²) in [6.45, 7) is 0. The summed E-state index contributed by atoms with van der Waals surface area (Å²) < 4.78 is 4.52. The van der Waals surface area contributed by atoms with Gasteiger partial charge in [-0.2, -0.15) is 0 Å². The van der Waals surface area contributed by atoms with E-state index in [-0.39, 0.29) is 18.1 Å². The SMILES string of the molecule is NNC(=O)Cc1cc(O)no1. The van der Waals surface area contributed by atoms with Crippen molar-refractivity contribution in [3.05, 3.63) is 11.8 Å². The minimum absolute atomic E-state index is 0.0238. The van der Waals surface area contributed by atoms with E-state index in [9.17, 15) is 4.79 Å². The maximum atomic E-state index is 10.6. The smallest absolute Gasteiger partial charge is 0.251 e. The van der Waals surface area contributed by atoms with Gasteiger partial charge < -0.3 is 9.63 Å². The molecule has 0 atom stereocenters. The van der Waals surface area contributed by atoms with Gasteiger partial charge in [-0.05, 0) is 5.16 Å². The van der Waals surface area contributed by atoms with Gasteiger partial charge in [0.1, 0.15) is 5.76 Å². The molecule has 4 N–H and O–H groups in total. The molecule has 6 heteroatoms. The number of hydrogen-bond donors (Lipinski definition) is 3. The van der Waals surface area contributed by atoms with Crippen molar-refractivity contribution in [1.82, 2.24) is 10.6 Å². The van der Waals surface area contributed by atoms with Crippen LogP contribution in [0.4, 0.5) is 0 Å². The zero-order valence-corrected chi connectivity index (χ0v) is 5.57. The van der Waals surface area contributed by atoms with Crippen LogP contribution in [0.25, 0.3) is 0 Å². The third-order valence-electron chi connectivity index (χ3n) is 1.04. The van der Waals surface area contributed by atoms with E-state index in [0.29, 0.717) is 0 Å². The van der Waals surface area contributed by atoms with Gasteiger partial charge >= 0.3 is 0 Å². The number of amides is 1. The first-order valence-electron chi connectivity index (χ1n) is 2.86. The first-order chi connectivity index (χ1) is 5.22. The number of hydrogen-bond acceptors (Lipinski definition) is 5. The average molecular weight is 157 g/mol. The minimum atomic E-state index is -0.402. The molecule has 1 rings (SSSR count). The molecule has 0 aliphatic rings. The summed E-state index contributed by atoms with van der Waals surface area (Å²) in [6, 6.07) is 1.25. The topological polar surface area (TPSA) is 101 Å². The summed E-state index contributed by atoms with van der Waals surface area (Å²) in [6.07, 6.45) is -0.0238. The Morgan fingerprint density at radius 3 is 3.09 bits per heavy atom. The summed E-state index contributed by atoms with van der Waals surface area (Å²) in [5.74, 6) is 4.42. The highest BCUT2D eigenvalue weighted by molar-refractivity contribution is 5.77. The molecule has 0 unspecified atom stereocenters. The predicted octanol–water partition coefficient (Wildman–Crippen LogP) is -1.09. The third-order valence-corrected chi connectivity index (χ3v) is 1.04. The van der Waals surface area contributed by atoms with Crippen LogP contribution in [0.3, 0.4) is 0 Å². The van der Waals surface area contributed by atoms with Crippen molar-refractivity contribution in [3.8, 4) is 5.88 Å². The molecule has 0 aliphatic heterocycles. The van der Waals surface area contributed by atoms with Crippen molar-refractivity contribution < 1.29 is 14.4 Å². The Morgan fingerprint density at radius 2 is 2.64 bits per heavy atom. The van der Waals surface area contributed by atoms with Gasteiger partial charge in [0.25, 0.3) is 5.88 Å². The summed E-state index contributed by atoms with van der Waals surface area (Å²) in [4.78, 5) is 10.6. The van der Waals surface area contributed by atoms with Crippen molar-refractivity contribution in [1.29, 1.82) is 0 Å². The highest BCUT2D eigenvalue weighted by atomic mass is 16.5. The van der Waals surface area contributed by atoms with Gasteiger partial charge in [0.2, 0.25) is 5.91 Å². The molecular weight excluding hydrogens is 150 g/mol. The maximum absolute atomic E-state index is 10.6. The van der Waals surface area contributed by atoms with Crippen LogP contribution in [0.2, 0.25) is 0 Å². The number of nitrogens with one attached hydrogen (secondary N) is 1. The van der Waals surface area contributed by atoms with Crippen LogP contribution in [-0.4, -0.2) is 16.2 Å². The molecule has 0 saturated carbocycles. The van der Waals surface area contributed by atoms with E-state index in [1.165, 1.54) is 6.07 Å². The van der Waals surface area contributed by atoms with E-state index >= 15 is 0 Å². The largest absolute Gasteiger partial charge is 0.491 e. The highest BCUT2D eigenvalue weighted by Crippen LogP contribution is 2.08.